The lowest BCUT2D eigenvalue weighted by Gasteiger charge is -2.38. The van der Waals surface area contributed by atoms with Crippen LogP contribution >= 0.6 is 11.3 Å². The van der Waals surface area contributed by atoms with E-state index in [1.165, 1.54) is 5.56 Å². The number of aryl methyl sites for hydroxylation is 1. The van der Waals surface area contributed by atoms with Crippen molar-refractivity contribution >= 4 is 23.2 Å². The first-order valence-electron chi connectivity index (χ1n) is 8.18. The number of amides is 2. The van der Waals surface area contributed by atoms with Crippen molar-refractivity contribution in [2.45, 2.75) is 32.4 Å². The van der Waals surface area contributed by atoms with Crippen LogP contribution in [-0.2, 0) is 16.1 Å². The standard InChI is InChI=1S/C19H22N2O2S/c1-13-11-24-12-15(13)10-20-19(23)16-8-9-17(22)21(2)18(16)14-6-4-3-5-7-14/h3-7,11-12,16,18H,8-10H2,1-2H3,(H,20,23)/t16-,18-/m0/s1. The average molecular weight is 342 g/mol. The Morgan fingerprint density at radius 1 is 1.29 bits per heavy atom. The molecule has 126 valence electrons. The molecule has 1 aliphatic rings. The van der Waals surface area contributed by atoms with Crippen LogP contribution in [0.4, 0.5) is 0 Å². The highest BCUT2D eigenvalue weighted by molar-refractivity contribution is 7.08. The van der Waals surface area contributed by atoms with E-state index < -0.39 is 0 Å². The minimum atomic E-state index is -0.214. The van der Waals surface area contributed by atoms with Gasteiger partial charge in [0.25, 0.3) is 0 Å². The molecule has 1 N–H and O–H groups in total. The van der Waals surface area contributed by atoms with E-state index in [1.54, 1.807) is 23.3 Å². The van der Waals surface area contributed by atoms with E-state index in [0.29, 0.717) is 19.4 Å². The minimum absolute atomic E-state index is 0.0220. The van der Waals surface area contributed by atoms with Gasteiger partial charge < -0.3 is 10.2 Å². The zero-order valence-electron chi connectivity index (χ0n) is 14.0. The lowest BCUT2D eigenvalue weighted by molar-refractivity contribution is -0.141. The highest BCUT2D eigenvalue weighted by Gasteiger charge is 2.38. The van der Waals surface area contributed by atoms with Gasteiger partial charge in [0.1, 0.15) is 0 Å². The van der Waals surface area contributed by atoms with Gasteiger partial charge in [-0.1, -0.05) is 30.3 Å². The van der Waals surface area contributed by atoms with E-state index in [1.807, 2.05) is 30.3 Å². The van der Waals surface area contributed by atoms with Crippen LogP contribution in [0, 0.1) is 12.8 Å². The Morgan fingerprint density at radius 2 is 2.04 bits per heavy atom. The Morgan fingerprint density at radius 3 is 2.71 bits per heavy atom. The third kappa shape index (κ3) is 3.36. The number of piperidine rings is 1. The number of carbonyl (C=O) groups is 2. The van der Waals surface area contributed by atoms with Gasteiger partial charge in [-0.15, -0.1) is 0 Å². The molecule has 1 aromatic carbocycles. The zero-order chi connectivity index (χ0) is 17.1. The van der Waals surface area contributed by atoms with Crippen LogP contribution in [0.3, 0.4) is 0 Å². The maximum atomic E-state index is 12.8. The summed E-state index contributed by atoms with van der Waals surface area (Å²) < 4.78 is 0. The van der Waals surface area contributed by atoms with Crippen molar-refractivity contribution in [2.24, 2.45) is 5.92 Å². The molecule has 0 unspecified atom stereocenters. The number of carbonyl (C=O) groups excluding carboxylic acids is 2. The molecule has 0 spiro atoms. The number of nitrogens with zero attached hydrogens (tertiary/aromatic N) is 1. The summed E-state index contributed by atoms with van der Waals surface area (Å²) in [6, 6.07) is 9.63. The van der Waals surface area contributed by atoms with Gasteiger partial charge in [0, 0.05) is 20.0 Å². The molecule has 2 amide bonds. The van der Waals surface area contributed by atoms with E-state index in [2.05, 4.69) is 23.0 Å². The third-order valence-corrected chi connectivity index (χ3v) is 5.66. The Bertz CT molecular complexity index is 726. The minimum Gasteiger partial charge on any atom is -0.352 e. The molecule has 2 aromatic rings. The molecule has 1 aliphatic heterocycles. The lowest BCUT2D eigenvalue weighted by Crippen LogP contribution is -2.46. The Balaban J connectivity index is 1.77. The van der Waals surface area contributed by atoms with Crippen LogP contribution in [0.25, 0.3) is 0 Å². The number of hydrogen-bond donors (Lipinski definition) is 1. The molecule has 24 heavy (non-hydrogen) atoms. The molecule has 1 fully saturated rings. The van der Waals surface area contributed by atoms with Gasteiger partial charge in [-0.25, -0.2) is 0 Å². The number of thiophene rings is 1. The number of hydrogen-bond acceptors (Lipinski definition) is 3. The van der Waals surface area contributed by atoms with Crippen LogP contribution in [0.5, 0.6) is 0 Å². The van der Waals surface area contributed by atoms with Crippen LogP contribution < -0.4 is 5.32 Å². The molecule has 1 aromatic heterocycles. The third-order valence-electron chi connectivity index (χ3n) is 4.75. The topological polar surface area (TPSA) is 49.4 Å². The van der Waals surface area contributed by atoms with E-state index in [9.17, 15) is 9.59 Å². The average Bonchev–Trinajstić information content (AvgIpc) is 3.01. The first-order chi connectivity index (χ1) is 11.6. The molecule has 0 bridgehead atoms. The molecule has 1 saturated heterocycles. The Kier molecular flexibility index (Phi) is 5.00. The number of benzene rings is 1. The SMILES string of the molecule is Cc1cscc1CNC(=O)[C@H]1CCC(=O)N(C)[C@H]1c1ccccc1. The van der Waals surface area contributed by atoms with Gasteiger partial charge in [0.2, 0.25) is 11.8 Å². The first-order valence-corrected chi connectivity index (χ1v) is 9.12. The van der Waals surface area contributed by atoms with Crippen molar-refractivity contribution in [1.29, 1.82) is 0 Å². The summed E-state index contributed by atoms with van der Waals surface area (Å²) in [6.45, 7) is 2.60. The normalized spacial score (nSPS) is 20.9. The molecule has 4 nitrogen and oxygen atoms in total. The Hall–Kier alpha value is -2.14. The summed E-state index contributed by atoms with van der Waals surface area (Å²) in [5.41, 5.74) is 3.38. The fourth-order valence-corrected chi connectivity index (χ4v) is 4.16. The van der Waals surface area contributed by atoms with E-state index >= 15 is 0 Å². The van der Waals surface area contributed by atoms with Crippen molar-refractivity contribution in [2.75, 3.05) is 7.05 Å². The summed E-state index contributed by atoms with van der Waals surface area (Å²) in [6.07, 6.45) is 1.02. The molecular formula is C19H22N2O2S. The van der Waals surface area contributed by atoms with Crippen molar-refractivity contribution in [3.05, 3.63) is 57.8 Å². The number of likely N-dealkylation sites (tertiary alicyclic amines) is 1. The summed E-state index contributed by atoms with van der Waals surface area (Å²) in [5, 5.41) is 7.22. The molecule has 5 heteroatoms. The fraction of sp³-hybridized carbons (Fsp3) is 0.368. The van der Waals surface area contributed by atoms with Crippen LogP contribution in [0.1, 0.15) is 35.6 Å². The number of nitrogens with one attached hydrogen (secondary N) is 1. The lowest BCUT2D eigenvalue weighted by atomic mass is 9.84. The van der Waals surface area contributed by atoms with E-state index in [0.717, 1.165) is 11.1 Å². The largest absolute Gasteiger partial charge is 0.352 e. The molecule has 3 rings (SSSR count). The molecule has 2 heterocycles. The van der Waals surface area contributed by atoms with Gasteiger partial charge in [-0.05, 0) is 40.8 Å². The smallest absolute Gasteiger partial charge is 0.225 e. The summed E-state index contributed by atoms with van der Waals surface area (Å²) in [7, 11) is 1.79. The van der Waals surface area contributed by atoms with Crippen LogP contribution in [-0.4, -0.2) is 23.8 Å². The van der Waals surface area contributed by atoms with Gasteiger partial charge in [-0.3, -0.25) is 9.59 Å². The summed E-state index contributed by atoms with van der Waals surface area (Å²) in [4.78, 5) is 26.6. The van der Waals surface area contributed by atoms with Crippen molar-refractivity contribution in [3.63, 3.8) is 0 Å². The zero-order valence-corrected chi connectivity index (χ0v) is 14.8. The number of rotatable bonds is 4. The summed E-state index contributed by atoms with van der Waals surface area (Å²) in [5.74, 6) is -0.0931. The van der Waals surface area contributed by atoms with Gasteiger partial charge in [-0.2, -0.15) is 11.3 Å². The maximum Gasteiger partial charge on any atom is 0.225 e. The second-order valence-electron chi connectivity index (χ2n) is 6.30. The quantitative estimate of drug-likeness (QED) is 0.927. The first kappa shape index (κ1) is 16.7. The molecule has 2 atom stereocenters. The van der Waals surface area contributed by atoms with Crippen LogP contribution in [0.15, 0.2) is 41.1 Å². The molecular weight excluding hydrogens is 320 g/mol. The highest BCUT2D eigenvalue weighted by Crippen LogP contribution is 2.35. The van der Waals surface area contributed by atoms with Gasteiger partial charge in [0.15, 0.2) is 0 Å². The Labute approximate surface area is 146 Å². The van der Waals surface area contributed by atoms with Gasteiger partial charge >= 0.3 is 0 Å². The second-order valence-corrected chi connectivity index (χ2v) is 7.05. The van der Waals surface area contributed by atoms with Gasteiger partial charge in [0.05, 0.1) is 12.0 Å². The predicted molar refractivity (Wildman–Crippen MR) is 95.6 cm³/mol. The second kappa shape index (κ2) is 7.18. The van der Waals surface area contributed by atoms with E-state index in [4.69, 9.17) is 0 Å². The van der Waals surface area contributed by atoms with Crippen molar-refractivity contribution in [3.8, 4) is 0 Å². The monoisotopic (exact) mass is 342 g/mol. The molecule has 0 aliphatic carbocycles. The highest BCUT2D eigenvalue weighted by atomic mass is 32.1. The predicted octanol–water partition coefficient (Wildman–Crippen LogP) is 3.28. The summed E-state index contributed by atoms with van der Waals surface area (Å²) >= 11 is 1.65. The van der Waals surface area contributed by atoms with Crippen molar-refractivity contribution in [1.82, 2.24) is 10.2 Å². The maximum absolute atomic E-state index is 12.8. The molecule has 0 radical (unpaired) electrons. The van der Waals surface area contributed by atoms with E-state index in [-0.39, 0.29) is 23.8 Å². The molecule has 0 saturated carbocycles. The fourth-order valence-electron chi connectivity index (χ4n) is 3.30. The van der Waals surface area contributed by atoms with Crippen LogP contribution in [0.2, 0.25) is 0 Å². The van der Waals surface area contributed by atoms with Crippen molar-refractivity contribution < 1.29 is 9.59 Å².